The molecule has 0 bridgehead atoms. The summed E-state index contributed by atoms with van der Waals surface area (Å²) in [7, 11) is 0. The first kappa shape index (κ1) is 11.1. The van der Waals surface area contributed by atoms with Crippen LogP contribution in [-0.4, -0.2) is 35.4 Å². The highest BCUT2D eigenvalue weighted by atomic mass is 16.5. The van der Waals surface area contributed by atoms with Crippen molar-refractivity contribution in [2.75, 3.05) is 18.5 Å². The zero-order valence-corrected chi connectivity index (χ0v) is 9.41. The van der Waals surface area contributed by atoms with Crippen molar-refractivity contribution < 1.29 is 9.53 Å². The summed E-state index contributed by atoms with van der Waals surface area (Å²) in [6, 6.07) is -0.222. The molecule has 0 saturated carbocycles. The maximum Gasteiger partial charge on any atom is 0.232 e. The third-order valence-corrected chi connectivity index (χ3v) is 2.96. The number of aromatic nitrogens is 2. The molecule has 0 radical (unpaired) electrons. The van der Waals surface area contributed by atoms with Crippen LogP contribution >= 0.6 is 0 Å². The fourth-order valence-corrected chi connectivity index (χ4v) is 1.66. The lowest BCUT2D eigenvalue weighted by Crippen LogP contribution is -2.37. The van der Waals surface area contributed by atoms with E-state index in [-0.39, 0.29) is 17.9 Å². The molecular formula is C10H16N4O2. The molecule has 6 heteroatoms. The third kappa shape index (κ3) is 1.94. The van der Waals surface area contributed by atoms with E-state index in [2.05, 4.69) is 15.5 Å². The van der Waals surface area contributed by atoms with E-state index in [4.69, 9.17) is 10.5 Å². The molecule has 2 heterocycles. The number of aryl methyl sites for hydroxylation is 1. The second-order valence-corrected chi connectivity index (χ2v) is 4.12. The van der Waals surface area contributed by atoms with Crippen LogP contribution in [0.5, 0.6) is 0 Å². The van der Waals surface area contributed by atoms with E-state index in [1.807, 2.05) is 13.8 Å². The molecule has 2 atom stereocenters. The van der Waals surface area contributed by atoms with Gasteiger partial charge in [0.15, 0.2) is 5.82 Å². The predicted molar refractivity (Wildman–Crippen MR) is 59.0 cm³/mol. The van der Waals surface area contributed by atoms with Crippen molar-refractivity contribution in [3.05, 3.63) is 11.3 Å². The van der Waals surface area contributed by atoms with Gasteiger partial charge in [0.05, 0.1) is 19.1 Å². The molecule has 2 rings (SSSR count). The molecular weight excluding hydrogens is 208 g/mol. The van der Waals surface area contributed by atoms with Gasteiger partial charge in [-0.3, -0.25) is 9.89 Å². The van der Waals surface area contributed by atoms with Crippen LogP contribution in [-0.2, 0) is 9.53 Å². The number of rotatable bonds is 2. The van der Waals surface area contributed by atoms with Crippen molar-refractivity contribution in [1.29, 1.82) is 0 Å². The van der Waals surface area contributed by atoms with Gasteiger partial charge >= 0.3 is 0 Å². The van der Waals surface area contributed by atoms with Gasteiger partial charge in [-0.2, -0.15) is 5.10 Å². The summed E-state index contributed by atoms with van der Waals surface area (Å²) in [5.74, 6) is 0.164. The molecule has 1 amide bonds. The Bertz CT molecular complexity index is 402. The molecule has 1 fully saturated rings. The number of nitrogens with two attached hydrogens (primary N) is 1. The summed E-state index contributed by atoms with van der Waals surface area (Å²) < 4.78 is 5.15. The first-order valence-electron chi connectivity index (χ1n) is 5.25. The maximum absolute atomic E-state index is 11.9. The van der Waals surface area contributed by atoms with Crippen LogP contribution in [0.25, 0.3) is 0 Å². The SMILES string of the molecule is Cc1[nH]nc(NC(=O)C2COCC2N)c1C. The Morgan fingerprint density at radius 1 is 1.56 bits per heavy atom. The monoisotopic (exact) mass is 224 g/mol. The molecule has 1 saturated heterocycles. The van der Waals surface area contributed by atoms with Crippen LogP contribution in [0.15, 0.2) is 0 Å². The van der Waals surface area contributed by atoms with Gasteiger partial charge in [-0.05, 0) is 13.8 Å². The average molecular weight is 224 g/mol. The molecule has 1 aliphatic rings. The van der Waals surface area contributed by atoms with Crippen molar-refractivity contribution >= 4 is 11.7 Å². The van der Waals surface area contributed by atoms with Crippen molar-refractivity contribution in [3.63, 3.8) is 0 Å². The van der Waals surface area contributed by atoms with Gasteiger partial charge in [0.2, 0.25) is 5.91 Å². The summed E-state index contributed by atoms with van der Waals surface area (Å²) in [5, 5.41) is 9.59. The number of carbonyl (C=O) groups excluding carboxylic acids is 1. The minimum absolute atomic E-state index is 0.125. The van der Waals surface area contributed by atoms with Gasteiger partial charge < -0.3 is 15.8 Å². The van der Waals surface area contributed by atoms with Gasteiger partial charge in [0.1, 0.15) is 0 Å². The summed E-state index contributed by atoms with van der Waals surface area (Å²) in [6.07, 6.45) is 0. The highest BCUT2D eigenvalue weighted by Crippen LogP contribution is 2.17. The maximum atomic E-state index is 11.9. The number of amides is 1. The molecule has 0 aliphatic carbocycles. The summed E-state index contributed by atoms with van der Waals surface area (Å²) in [5.41, 5.74) is 7.65. The number of hydrogen-bond acceptors (Lipinski definition) is 4. The second kappa shape index (κ2) is 4.23. The van der Waals surface area contributed by atoms with Crippen LogP contribution in [0.4, 0.5) is 5.82 Å². The fourth-order valence-electron chi connectivity index (χ4n) is 1.66. The summed E-state index contributed by atoms with van der Waals surface area (Å²) in [6.45, 7) is 4.63. The van der Waals surface area contributed by atoms with Crippen molar-refractivity contribution in [2.45, 2.75) is 19.9 Å². The zero-order valence-electron chi connectivity index (χ0n) is 9.41. The van der Waals surface area contributed by atoms with E-state index in [1.54, 1.807) is 0 Å². The van der Waals surface area contributed by atoms with Gasteiger partial charge in [-0.15, -0.1) is 0 Å². The summed E-state index contributed by atoms with van der Waals surface area (Å²) >= 11 is 0. The Morgan fingerprint density at radius 3 is 2.81 bits per heavy atom. The molecule has 0 spiro atoms. The van der Waals surface area contributed by atoms with Crippen LogP contribution in [0.1, 0.15) is 11.3 Å². The van der Waals surface area contributed by atoms with Crippen molar-refractivity contribution in [3.8, 4) is 0 Å². The van der Waals surface area contributed by atoms with E-state index in [9.17, 15) is 4.79 Å². The highest BCUT2D eigenvalue weighted by molar-refractivity contribution is 5.93. The molecule has 16 heavy (non-hydrogen) atoms. The third-order valence-electron chi connectivity index (χ3n) is 2.96. The highest BCUT2D eigenvalue weighted by Gasteiger charge is 2.31. The fraction of sp³-hybridized carbons (Fsp3) is 0.600. The average Bonchev–Trinajstić information content (AvgIpc) is 2.79. The van der Waals surface area contributed by atoms with Gasteiger partial charge in [0.25, 0.3) is 0 Å². The molecule has 1 aromatic heterocycles. The lowest BCUT2D eigenvalue weighted by molar-refractivity contribution is -0.120. The minimum Gasteiger partial charge on any atom is -0.379 e. The van der Waals surface area contributed by atoms with E-state index < -0.39 is 0 Å². The molecule has 4 N–H and O–H groups in total. The Kier molecular flexibility index (Phi) is 2.93. The van der Waals surface area contributed by atoms with Crippen LogP contribution in [0, 0.1) is 19.8 Å². The number of aromatic amines is 1. The first-order valence-corrected chi connectivity index (χ1v) is 5.25. The molecule has 1 aliphatic heterocycles. The van der Waals surface area contributed by atoms with Crippen LogP contribution in [0.3, 0.4) is 0 Å². The molecule has 1 aromatic rings. The normalized spacial score (nSPS) is 24.7. The molecule has 0 aromatic carbocycles. The van der Waals surface area contributed by atoms with Gasteiger partial charge in [-0.1, -0.05) is 0 Å². The Balaban J connectivity index is 2.05. The quantitative estimate of drug-likeness (QED) is 0.656. The second-order valence-electron chi connectivity index (χ2n) is 4.12. The van der Waals surface area contributed by atoms with Gasteiger partial charge in [-0.25, -0.2) is 0 Å². The number of ether oxygens (including phenoxy) is 1. The van der Waals surface area contributed by atoms with E-state index >= 15 is 0 Å². The smallest absolute Gasteiger partial charge is 0.232 e. The number of H-pyrrole nitrogens is 1. The number of hydrogen-bond donors (Lipinski definition) is 3. The predicted octanol–water partition coefficient (Wildman–Crippen LogP) is -0.0613. The number of nitrogens with zero attached hydrogens (tertiary/aromatic N) is 1. The van der Waals surface area contributed by atoms with Crippen LogP contribution in [0.2, 0.25) is 0 Å². The minimum atomic E-state index is -0.281. The van der Waals surface area contributed by atoms with Crippen molar-refractivity contribution in [2.24, 2.45) is 11.7 Å². The Labute approximate surface area is 93.5 Å². The number of nitrogens with one attached hydrogen (secondary N) is 2. The standard InChI is InChI=1S/C10H16N4O2/c1-5-6(2)13-14-9(5)12-10(15)7-3-16-4-8(7)11/h7-8H,3-4,11H2,1-2H3,(H2,12,13,14,15). The largest absolute Gasteiger partial charge is 0.379 e. The van der Waals surface area contributed by atoms with Crippen molar-refractivity contribution in [1.82, 2.24) is 10.2 Å². The first-order chi connectivity index (χ1) is 7.59. The molecule has 88 valence electrons. The summed E-state index contributed by atoms with van der Waals surface area (Å²) in [4.78, 5) is 11.9. The van der Waals surface area contributed by atoms with E-state index in [0.717, 1.165) is 11.3 Å². The number of carbonyl (C=O) groups is 1. The lowest BCUT2D eigenvalue weighted by atomic mass is 10.0. The van der Waals surface area contributed by atoms with E-state index in [0.29, 0.717) is 19.0 Å². The number of anilines is 1. The van der Waals surface area contributed by atoms with E-state index in [1.165, 1.54) is 0 Å². The topological polar surface area (TPSA) is 93.0 Å². The Morgan fingerprint density at radius 2 is 2.31 bits per heavy atom. The molecule has 2 unspecified atom stereocenters. The molecule has 6 nitrogen and oxygen atoms in total. The van der Waals surface area contributed by atoms with Gasteiger partial charge in [0, 0.05) is 17.3 Å². The lowest BCUT2D eigenvalue weighted by Gasteiger charge is -2.12. The Hall–Kier alpha value is -1.40. The van der Waals surface area contributed by atoms with Crippen LogP contribution < -0.4 is 11.1 Å². The zero-order chi connectivity index (χ0) is 11.7.